The van der Waals surface area contributed by atoms with Crippen molar-refractivity contribution in [2.45, 2.75) is 77.4 Å². The van der Waals surface area contributed by atoms with Crippen molar-refractivity contribution in [3.05, 3.63) is 35.4 Å². The van der Waals surface area contributed by atoms with Gasteiger partial charge in [-0.15, -0.1) is 0 Å². The maximum Gasteiger partial charge on any atom is 0.340 e. The molecule has 0 bridgehead atoms. The van der Waals surface area contributed by atoms with Crippen LogP contribution in [0.4, 0.5) is 0 Å². The van der Waals surface area contributed by atoms with Gasteiger partial charge in [-0.05, 0) is 19.0 Å². The summed E-state index contributed by atoms with van der Waals surface area (Å²) in [6.45, 7) is 3.17. The molecule has 0 amide bonds. The quantitative estimate of drug-likeness (QED) is 0.416. The van der Waals surface area contributed by atoms with Gasteiger partial charge in [-0.1, -0.05) is 82.9 Å². The fourth-order valence-electron chi connectivity index (χ4n) is 3.14. The highest BCUT2D eigenvalue weighted by Crippen LogP contribution is 2.28. The molecular formula is C20H31NO2. The molecule has 0 radical (unpaired) electrons. The molecule has 0 saturated heterocycles. The number of fused-ring (bicyclic) bond motifs is 1. The number of rotatable bonds is 12. The molecule has 1 aromatic rings. The van der Waals surface area contributed by atoms with Gasteiger partial charge in [0.1, 0.15) is 0 Å². The lowest BCUT2D eigenvalue weighted by Crippen LogP contribution is -2.22. The first kappa shape index (κ1) is 18.0. The second kappa shape index (κ2) is 10.4. The van der Waals surface area contributed by atoms with Crippen LogP contribution in [0.2, 0.25) is 0 Å². The number of unbranched alkanes of at least 4 members (excludes halogenated alkanes) is 9. The number of cyclic esters (lactones) is 1. The molecule has 0 aromatic heterocycles. The molecule has 23 heavy (non-hydrogen) atoms. The monoisotopic (exact) mass is 317 g/mol. The van der Waals surface area contributed by atoms with Crippen LogP contribution >= 0.6 is 0 Å². The third-order valence-electron chi connectivity index (χ3n) is 4.55. The molecule has 1 atom stereocenters. The number of benzene rings is 1. The minimum absolute atomic E-state index is 0.207. The summed E-state index contributed by atoms with van der Waals surface area (Å²) in [5, 5.41) is 3.35. The highest BCUT2D eigenvalue weighted by molar-refractivity contribution is 5.93. The molecule has 1 heterocycles. The minimum atomic E-state index is -0.253. The van der Waals surface area contributed by atoms with E-state index in [9.17, 15) is 4.79 Å². The van der Waals surface area contributed by atoms with Gasteiger partial charge in [0.25, 0.3) is 0 Å². The molecule has 0 fully saturated rings. The summed E-state index contributed by atoms with van der Waals surface area (Å²) in [4.78, 5) is 11.7. The van der Waals surface area contributed by atoms with Crippen LogP contribution in [-0.4, -0.2) is 12.5 Å². The first-order chi connectivity index (χ1) is 11.3. The van der Waals surface area contributed by atoms with E-state index in [1.807, 2.05) is 24.3 Å². The molecule has 0 aliphatic carbocycles. The smallest absolute Gasteiger partial charge is 0.340 e. The normalized spacial score (nSPS) is 16.4. The second-order valence-electron chi connectivity index (χ2n) is 6.51. The lowest BCUT2D eigenvalue weighted by atomic mass is 10.1. The molecule has 3 heteroatoms. The van der Waals surface area contributed by atoms with E-state index in [1.165, 1.54) is 57.8 Å². The predicted molar refractivity (Wildman–Crippen MR) is 94.4 cm³/mol. The number of hydrogen-bond acceptors (Lipinski definition) is 3. The van der Waals surface area contributed by atoms with E-state index in [2.05, 4.69) is 12.2 Å². The van der Waals surface area contributed by atoms with E-state index in [0.717, 1.165) is 18.5 Å². The fraction of sp³-hybridized carbons (Fsp3) is 0.650. The number of carbonyl (C=O) groups excluding carboxylic acids is 1. The fourth-order valence-corrected chi connectivity index (χ4v) is 3.14. The molecule has 1 aliphatic heterocycles. The third-order valence-corrected chi connectivity index (χ3v) is 4.55. The van der Waals surface area contributed by atoms with Crippen LogP contribution in [0.5, 0.6) is 0 Å². The average molecular weight is 317 g/mol. The van der Waals surface area contributed by atoms with Crippen molar-refractivity contribution in [1.82, 2.24) is 5.32 Å². The van der Waals surface area contributed by atoms with E-state index in [0.29, 0.717) is 5.56 Å². The maximum absolute atomic E-state index is 11.7. The van der Waals surface area contributed by atoms with Gasteiger partial charge in [-0.2, -0.15) is 0 Å². The van der Waals surface area contributed by atoms with Gasteiger partial charge < -0.3 is 4.74 Å². The largest absolute Gasteiger partial charge is 0.439 e. The molecule has 1 N–H and O–H groups in total. The SMILES string of the molecule is CCCCCCCCCCCCNC1OC(=O)c2ccccc21. The zero-order chi connectivity index (χ0) is 16.3. The van der Waals surface area contributed by atoms with Crippen LogP contribution in [0.1, 0.15) is 93.3 Å². The van der Waals surface area contributed by atoms with E-state index in [1.54, 1.807) is 0 Å². The van der Waals surface area contributed by atoms with Gasteiger partial charge in [0.05, 0.1) is 5.56 Å². The van der Waals surface area contributed by atoms with Crippen molar-refractivity contribution in [3.8, 4) is 0 Å². The van der Waals surface area contributed by atoms with E-state index < -0.39 is 0 Å². The van der Waals surface area contributed by atoms with Crippen molar-refractivity contribution < 1.29 is 9.53 Å². The summed E-state index contributed by atoms with van der Waals surface area (Å²) in [7, 11) is 0. The lowest BCUT2D eigenvalue weighted by Gasteiger charge is -2.12. The number of carbonyl (C=O) groups is 1. The molecule has 3 nitrogen and oxygen atoms in total. The van der Waals surface area contributed by atoms with Crippen molar-refractivity contribution in [3.63, 3.8) is 0 Å². The summed E-state index contributed by atoms with van der Waals surface area (Å²) < 4.78 is 5.37. The summed E-state index contributed by atoms with van der Waals surface area (Å²) in [5.74, 6) is -0.207. The van der Waals surface area contributed by atoms with Crippen molar-refractivity contribution in [1.29, 1.82) is 0 Å². The van der Waals surface area contributed by atoms with E-state index in [4.69, 9.17) is 4.74 Å². The topological polar surface area (TPSA) is 38.3 Å². The molecule has 0 spiro atoms. The van der Waals surface area contributed by atoms with Crippen molar-refractivity contribution in [2.75, 3.05) is 6.54 Å². The first-order valence-electron chi connectivity index (χ1n) is 9.36. The van der Waals surface area contributed by atoms with Gasteiger partial charge in [0, 0.05) is 5.56 Å². The van der Waals surface area contributed by atoms with Crippen molar-refractivity contribution in [2.24, 2.45) is 0 Å². The van der Waals surface area contributed by atoms with Crippen LogP contribution in [0.25, 0.3) is 0 Å². The van der Waals surface area contributed by atoms with Gasteiger partial charge in [-0.3, -0.25) is 5.32 Å². The molecule has 1 aliphatic rings. The standard InChI is InChI=1S/C20H31NO2/c1-2-3-4-5-6-7-8-9-10-13-16-21-19-17-14-11-12-15-18(17)20(22)23-19/h11-12,14-15,19,21H,2-10,13,16H2,1H3. The Morgan fingerprint density at radius 3 is 2.22 bits per heavy atom. The van der Waals surface area contributed by atoms with E-state index >= 15 is 0 Å². The second-order valence-corrected chi connectivity index (χ2v) is 6.51. The van der Waals surface area contributed by atoms with Crippen LogP contribution in [-0.2, 0) is 4.74 Å². The average Bonchev–Trinajstić information content (AvgIpc) is 2.89. The number of ether oxygens (including phenoxy) is 1. The molecule has 0 saturated carbocycles. The summed E-state index contributed by atoms with van der Waals surface area (Å²) >= 11 is 0. The Morgan fingerprint density at radius 2 is 1.52 bits per heavy atom. The van der Waals surface area contributed by atoms with Gasteiger partial charge >= 0.3 is 5.97 Å². The Kier molecular flexibility index (Phi) is 8.16. The Hall–Kier alpha value is -1.35. The summed E-state index contributed by atoms with van der Waals surface area (Å²) in [5.41, 5.74) is 1.68. The highest BCUT2D eigenvalue weighted by Gasteiger charge is 2.29. The van der Waals surface area contributed by atoms with Gasteiger partial charge in [-0.25, -0.2) is 4.79 Å². The zero-order valence-corrected chi connectivity index (χ0v) is 14.5. The lowest BCUT2D eigenvalue weighted by molar-refractivity contribution is 0.0308. The Balaban J connectivity index is 1.48. The van der Waals surface area contributed by atoms with Crippen LogP contribution < -0.4 is 5.32 Å². The number of nitrogens with one attached hydrogen (secondary N) is 1. The molecule has 128 valence electrons. The molecular weight excluding hydrogens is 286 g/mol. The van der Waals surface area contributed by atoms with Gasteiger partial charge in [0.15, 0.2) is 6.23 Å². The van der Waals surface area contributed by atoms with E-state index in [-0.39, 0.29) is 12.2 Å². The third kappa shape index (κ3) is 5.98. The molecule has 1 unspecified atom stereocenters. The van der Waals surface area contributed by atoms with Gasteiger partial charge in [0.2, 0.25) is 0 Å². The maximum atomic E-state index is 11.7. The predicted octanol–water partition coefficient (Wildman–Crippen LogP) is 5.37. The summed E-state index contributed by atoms with van der Waals surface area (Å²) in [6.07, 6.45) is 13.1. The zero-order valence-electron chi connectivity index (χ0n) is 14.5. The van der Waals surface area contributed by atoms with Crippen LogP contribution in [0.15, 0.2) is 24.3 Å². The molecule has 2 rings (SSSR count). The first-order valence-corrected chi connectivity index (χ1v) is 9.36. The van der Waals surface area contributed by atoms with Crippen LogP contribution in [0.3, 0.4) is 0 Å². The Morgan fingerprint density at radius 1 is 0.913 bits per heavy atom. The molecule has 1 aromatic carbocycles. The number of hydrogen-bond donors (Lipinski definition) is 1. The number of esters is 1. The Labute approximate surface area is 140 Å². The Bertz CT molecular complexity index is 472. The summed E-state index contributed by atoms with van der Waals surface area (Å²) in [6, 6.07) is 7.64. The minimum Gasteiger partial charge on any atom is -0.439 e. The van der Waals surface area contributed by atoms with Crippen molar-refractivity contribution >= 4 is 5.97 Å². The van der Waals surface area contributed by atoms with Crippen LogP contribution in [0, 0.1) is 0 Å². The highest BCUT2D eigenvalue weighted by atomic mass is 16.6.